The van der Waals surface area contributed by atoms with Gasteiger partial charge in [-0.15, -0.1) is 0 Å². The molecule has 1 unspecified atom stereocenters. The Morgan fingerprint density at radius 2 is 2.07 bits per heavy atom. The average Bonchev–Trinajstić information content (AvgIpc) is 2.13. The number of primary amides is 1. The van der Waals surface area contributed by atoms with Crippen LogP contribution in [0.1, 0.15) is 19.3 Å². The molecule has 1 atom stereocenters. The zero-order valence-electron chi connectivity index (χ0n) is 8.45. The van der Waals surface area contributed by atoms with Crippen molar-refractivity contribution in [3.8, 4) is 0 Å². The van der Waals surface area contributed by atoms with Gasteiger partial charge in [-0.2, -0.15) is 0 Å². The fraction of sp³-hybridized carbons (Fsp3) is 0.875. The first-order valence-electron chi connectivity index (χ1n) is 4.62. The number of hydrogen-bond acceptors (Lipinski definition) is 4. The minimum atomic E-state index is -1.40. The summed E-state index contributed by atoms with van der Waals surface area (Å²) in [6, 6.07) is 0. The van der Waals surface area contributed by atoms with Gasteiger partial charge in [-0.1, -0.05) is 21.6 Å². The number of nitrogens with two attached hydrogens (primary N) is 1. The zero-order valence-corrected chi connectivity index (χ0v) is 11.1. The lowest BCUT2D eigenvalue weighted by molar-refractivity contribution is -0.118. The van der Waals surface area contributed by atoms with Crippen molar-refractivity contribution in [2.24, 2.45) is 5.73 Å². The van der Waals surface area contributed by atoms with Gasteiger partial charge in [0.15, 0.2) is 0 Å². The van der Waals surface area contributed by atoms with E-state index in [2.05, 4.69) is 0 Å². The van der Waals surface area contributed by atoms with E-state index in [4.69, 9.17) is 5.73 Å². The highest BCUT2D eigenvalue weighted by Gasteiger charge is 2.00. The van der Waals surface area contributed by atoms with Crippen molar-refractivity contribution in [3.63, 3.8) is 0 Å². The predicted octanol–water partition coefficient (Wildman–Crippen LogP) is 2.21. The van der Waals surface area contributed by atoms with E-state index in [0.717, 1.165) is 30.9 Å². The topological polar surface area (TPSA) is 60.2 Å². The van der Waals surface area contributed by atoms with E-state index in [0.29, 0.717) is 6.42 Å². The van der Waals surface area contributed by atoms with Crippen LogP contribution in [0.25, 0.3) is 0 Å². The van der Waals surface area contributed by atoms with Crippen molar-refractivity contribution >= 4 is 35.3 Å². The first kappa shape index (κ1) is 14.4. The monoisotopic (exact) mass is 255 g/mol. The molecular weight excluding hydrogens is 237 g/mol. The molecule has 0 saturated heterocycles. The zero-order chi connectivity index (χ0) is 10.8. The highest BCUT2D eigenvalue weighted by atomic mass is 33.1. The summed E-state index contributed by atoms with van der Waals surface area (Å²) in [6.45, 7) is 0. The molecule has 0 saturated carbocycles. The highest BCUT2D eigenvalue weighted by Crippen LogP contribution is 2.26. The Morgan fingerprint density at radius 1 is 1.36 bits per heavy atom. The molecular formula is C8H18NO2PS2. The largest absolute Gasteiger partial charge is 0.370 e. The lowest BCUT2D eigenvalue weighted by Gasteiger charge is -2.00. The molecule has 14 heavy (non-hydrogen) atoms. The van der Waals surface area contributed by atoms with Gasteiger partial charge in [0.1, 0.15) is 0 Å². The fourth-order valence-electron chi connectivity index (χ4n) is 0.985. The lowest BCUT2D eigenvalue weighted by atomic mass is 10.2. The molecule has 0 radical (unpaired) electrons. The third kappa shape index (κ3) is 10.5. The van der Waals surface area contributed by atoms with Gasteiger partial charge in [0.2, 0.25) is 5.91 Å². The summed E-state index contributed by atoms with van der Waals surface area (Å²) >= 11 is 0. The van der Waals surface area contributed by atoms with Crippen molar-refractivity contribution in [3.05, 3.63) is 0 Å². The SMILES string of the molecule is CSSCC[PH](=O)CCCCC(N)=O. The van der Waals surface area contributed by atoms with E-state index in [1.165, 1.54) is 0 Å². The number of amides is 1. The number of hydrogen-bond donors (Lipinski definition) is 1. The van der Waals surface area contributed by atoms with E-state index < -0.39 is 7.80 Å². The summed E-state index contributed by atoms with van der Waals surface area (Å²) in [5, 5.41) is 0. The van der Waals surface area contributed by atoms with E-state index >= 15 is 0 Å². The summed E-state index contributed by atoms with van der Waals surface area (Å²) in [4.78, 5) is 10.4. The molecule has 0 aliphatic carbocycles. The van der Waals surface area contributed by atoms with E-state index in [1.807, 2.05) is 6.26 Å². The van der Waals surface area contributed by atoms with Crippen LogP contribution in [0.15, 0.2) is 0 Å². The second-order valence-corrected chi connectivity index (χ2v) is 7.71. The van der Waals surface area contributed by atoms with Crippen molar-refractivity contribution in [2.45, 2.75) is 19.3 Å². The molecule has 0 fully saturated rings. The molecule has 84 valence electrons. The second-order valence-electron chi connectivity index (χ2n) is 2.95. The van der Waals surface area contributed by atoms with Gasteiger partial charge >= 0.3 is 0 Å². The fourth-order valence-corrected chi connectivity index (χ4v) is 4.54. The molecule has 0 aliphatic heterocycles. The number of unbranched alkanes of at least 4 members (excludes halogenated alkanes) is 1. The normalized spacial score (nSPS) is 12.6. The smallest absolute Gasteiger partial charge is 0.217 e. The number of carbonyl (C=O) groups excluding carboxylic acids is 1. The summed E-state index contributed by atoms with van der Waals surface area (Å²) in [5.74, 6) is 0.706. The van der Waals surface area contributed by atoms with Crippen molar-refractivity contribution in [2.75, 3.05) is 24.3 Å². The molecule has 0 spiro atoms. The Labute approximate surface area is 94.1 Å². The van der Waals surface area contributed by atoms with Crippen LogP contribution >= 0.6 is 29.4 Å². The van der Waals surface area contributed by atoms with Crippen molar-refractivity contribution < 1.29 is 9.36 Å². The molecule has 0 heterocycles. The van der Waals surface area contributed by atoms with Crippen LogP contribution in [0.2, 0.25) is 0 Å². The van der Waals surface area contributed by atoms with Crippen LogP contribution in [0.5, 0.6) is 0 Å². The van der Waals surface area contributed by atoms with E-state index in [1.54, 1.807) is 21.6 Å². The predicted molar refractivity (Wildman–Crippen MR) is 67.8 cm³/mol. The Bertz CT molecular complexity index is 190. The van der Waals surface area contributed by atoms with Crippen molar-refractivity contribution in [1.82, 2.24) is 0 Å². The van der Waals surface area contributed by atoms with Crippen LogP contribution in [0.3, 0.4) is 0 Å². The Hall–Kier alpha value is 0.400. The van der Waals surface area contributed by atoms with Gasteiger partial charge in [-0.25, -0.2) is 0 Å². The van der Waals surface area contributed by atoms with Crippen LogP contribution in [-0.2, 0) is 9.36 Å². The van der Waals surface area contributed by atoms with Gasteiger partial charge < -0.3 is 10.3 Å². The molecule has 0 aliphatic rings. The van der Waals surface area contributed by atoms with E-state index in [-0.39, 0.29) is 5.91 Å². The third-order valence-electron chi connectivity index (χ3n) is 1.71. The van der Waals surface area contributed by atoms with Gasteiger partial charge in [0.05, 0.1) is 7.80 Å². The van der Waals surface area contributed by atoms with Crippen LogP contribution in [0, 0.1) is 0 Å². The molecule has 0 rings (SSSR count). The van der Waals surface area contributed by atoms with Gasteiger partial charge in [0.25, 0.3) is 0 Å². The molecule has 0 aromatic carbocycles. The average molecular weight is 255 g/mol. The molecule has 0 aromatic rings. The van der Waals surface area contributed by atoms with Crippen LogP contribution < -0.4 is 5.73 Å². The van der Waals surface area contributed by atoms with Crippen LogP contribution in [0.4, 0.5) is 0 Å². The Kier molecular flexibility index (Phi) is 10.2. The van der Waals surface area contributed by atoms with Crippen LogP contribution in [-0.4, -0.2) is 30.2 Å². The summed E-state index contributed by atoms with van der Waals surface area (Å²) < 4.78 is 11.4. The maximum Gasteiger partial charge on any atom is 0.217 e. The molecule has 0 bridgehead atoms. The standard InChI is InChI=1S/C8H18NO2PS2/c1-13-14-7-6-12(11)5-3-2-4-8(9)10/h12H,2-7H2,1H3,(H2,9,10). The lowest BCUT2D eigenvalue weighted by Crippen LogP contribution is -2.09. The Morgan fingerprint density at radius 3 is 2.64 bits per heavy atom. The summed E-state index contributed by atoms with van der Waals surface area (Å²) in [6.07, 6.45) is 5.69. The molecule has 0 aromatic heterocycles. The number of rotatable bonds is 9. The minimum absolute atomic E-state index is 0.261. The highest BCUT2D eigenvalue weighted by molar-refractivity contribution is 8.76. The van der Waals surface area contributed by atoms with Gasteiger partial charge in [0, 0.05) is 18.3 Å². The van der Waals surface area contributed by atoms with Crippen molar-refractivity contribution in [1.29, 1.82) is 0 Å². The maximum atomic E-state index is 11.4. The molecule has 3 nitrogen and oxygen atoms in total. The summed E-state index contributed by atoms with van der Waals surface area (Å²) in [7, 11) is 2.06. The maximum absolute atomic E-state index is 11.4. The third-order valence-corrected chi connectivity index (χ3v) is 5.61. The first-order valence-corrected chi connectivity index (χ1v) is 9.17. The summed E-state index contributed by atoms with van der Waals surface area (Å²) in [5.41, 5.74) is 4.99. The molecule has 6 heteroatoms. The second kappa shape index (κ2) is 9.94. The first-order chi connectivity index (χ1) is 6.66. The van der Waals surface area contributed by atoms with E-state index in [9.17, 15) is 9.36 Å². The quantitative estimate of drug-likeness (QED) is 0.390. The molecule has 1 amide bonds. The van der Waals surface area contributed by atoms with Gasteiger partial charge in [-0.05, 0) is 25.3 Å². The Balaban J connectivity index is 3.22. The minimum Gasteiger partial charge on any atom is -0.370 e. The number of carbonyl (C=O) groups is 1. The molecule has 2 N–H and O–H groups in total. The van der Waals surface area contributed by atoms with Gasteiger partial charge in [-0.3, -0.25) is 4.79 Å².